The van der Waals surface area contributed by atoms with Crippen LogP contribution in [-0.2, 0) is 0 Å². The molecule has 4 heteroatoms. The molecule has 0 heterocycles. The third-order valence-electron chi connectivity index (χ3n) is 0. The molecule has 0 aliphatic heterocycles. The topological polar surface area (TPSA) is 0 Å². The third-order valence-corrected chi connectivity index (χ3v) is 0. The summed E-state index contributed by atoms with van der Waals surface area (Å²) in [5.74, 6) is 9.50. The van der Waals surface area contributed by atoms with Crippen molar-refractivity contribution in [2.24, 2.45) is 0 Å². The number of rotatable bonds is 0. The summed E-state index contributed by atoms with van der Waals surface area (Å²) >= 11 is 1.50. The predicted octanol–water partition coefficient (Wildman–Crippen LogP) is -1.87. The molecule has 0 atom stereocenters. The van der Waals surface area contributed by atoms with E-state index in [0.29, 0.717) is 0 Å². The van der Waals surface area contributed by atoms with E-state index in [4.69, 9.17) is 0 Å². The van der Waals surface area contributed by atoms with Crippen molar-refractivity contribution in [2.75, 3.05) is 0 Å². The van der Waals surface area contributed by atoms with E-state index in [1.54, 1.807) is 0 Å². The SMILES string of the molecule is [CH3][Ge]([CH3])([CH3])[CH3].[GeH3][GeH3].[GeH4]. The monoisotopic (exact) mass is 366 g/mol. The molecule has 0 aromatic rings. The standard InChI is InChI=1S/C4H12Ge.Ge2H6.GeH4/c1-5(2,3)4;1-2;/h1-4H3;1-2H3;1H4. The van der Waals surface area contributed by atoms with Crippen molar-refractivity contribution >= 4 is 60.0 Å². The Hall–Kier alpha value is 2.17. The van der Waals surface area contributed by atoms with Gasteiger partial charge in [-0.25, -0.2) is 0 Å². The molecule has 0 saturated heterocycles. The summed E-state index contributed by atoms with van der Waals surface area (Å²) in [6.07, 6.45) is 0. The molecule has 0 unspecified atom stereocenters. The van der Waals surface area contributed by atoms with E-state index in [1.165, 1.54) is 29.1 Å². The molecule has 0 fully saturated rings. The predicted molar refractivity (Wildman–Crippen MR) is 60.4 cm³/mol. The fourth-order valence-electron chi connectivity index (χ4n) is 0. The van der Waals surface area contributed by atoms with Gasteiger partial charge in [0.25, 0.3) is 0 Å². The van der Waals surface area contributed by atoms with Crippen LogP contribution < -0.4 is 0 Å². The van der Waals surface area contributed by atoms with Crippen LogP contribution in [-0.4, -0.2) is 60.0 Å². The van der Waals surface area contributed by atoms with E-state index in [9.17, 15) is 0 Å². The summed E-state index contributed by atoms with van der Waals surface area (Å²) in [7, 11) is 0. The van der Waals surface area contributed by atoms with Gasteiger partial charge in [0.15, 0.2) is 0 Å². The molecule has 0 aliphatic carbocycles. The average Bonchev–Trinajstić information content (AvgIpc) is 1.36. The van der Waals surface area contributed by atoms with Gasteiger partial charge < -0.3 is 0 Å². The van der Waals surface area contributed by atoms with Crippen LogP contribution in [0.3, 0.4) is 0 Å². The van der Waals surface area contributed by atoms with E-state index in [1.807, 2.05) is 0 Å². The van der Waals surface area contributed by atoms with E-state index in [-0.39, 0.29) is 17.6 Å². The summed E-state index contributed by atoms with van der Waals surface area (Å²) in [6, 6.07) is 0. The van der Waals surface area contributed by atoms with Crippen molar-refractivity contribution < 1.29 is 0 Å². The molecule has 0 aromatic carbocycles. The van der Waals surface area contributed by atoms with Crippen LogP contribution >= 0.6 is 0 Å². The quantitative estimate of drug-likeness (QED) is 0.444. The Labute approximate surface area is 82.1 Å². The fraction of sp³-hybridized carbons (Fsp3) is 1.00. The van der Waals surface area contributed by atoms with Gasteiger partial charge in [0, 0.05) is 0 Å². The van der Waals surface area contributed by atoms with Crippen molar-refractivity contribution in [2.45, 2.75) is 23.0 Å². The second-order valence-corrected chi connectivity index (χ2v) is 15.6. The fourth-order valence-corrected chi connectivity index (χ4v) is 0. The van der Waals surface area contributed by atoms with Crippen LogP contribution in [0.2, 0.25) is 23.0 Å². The Balaban J connectivity index is -0.0000000750. The van der Waals surface area contributed by atoms with Gasteiger partial charge in [-0.05, 0) is 0 Å². The molecule has 0 aromatic heterocycles. The zero-order chi connectivity index (χ0) is 6.50. The Morgan fingerprint density at radius 1 is 0.875 bits per heavy atom. The summed E-state index contributed by atoms with van der Waals surface area (Å²) < 4.78 is 0. The van der Waals surface area contributed by atoms with Crippen molar-refractivity contribution in [1.29, 1.82) is 0 Å². The molecular weight excluding hydrogens is 338 g/mol. The summed E-state index contributed by atoms with van der Waals surface area (Å²) in [6.45, 7) is 0. The van der Waals surface area contributed by atoms with E-state index in [2.05, 4.69) is 23.0 Å². The Bertz CT molecular complexity index is 23.5. The van der Waals surface area contributed by atoms with E-state index >= 15 is 0 Å². The summed E-state index contributed by atoms with van der Waals surface area (Å²) in [5.41, 5.74) is 0. The number of hydrogen-bond acceptors (Lipinski definition) is 0. The van der Waals surface area contributed by atoms with Crippen LogP contribution in [0.15, 0.2) is 0 Å². The molecule has 0 aliphatic rings. The second kappa shape index (κ2) is 9.17. The first-order valence-electron chi connectivity index (χ1n) is 3.00. The van der Waals surface area contributed by atoms with Gasteiger partial charge in [-0.15, -0.1) is 0 Å². The normalized spacial score (nSPS) is 9.00. The molecule has 0 bridgehead atoms. The Morgan fingerprint density at radius 2 is 0.875 bits per heavy atom. The molecule has 0 spiro atoms. The zero-order valence-electron chi connectivity index (χ0n) is 6.50. The first-order valence-corrected chi connectivity index (χ1v) is 37.4. The number of hydrogen-bond donors (Lipinski definition) is 0. The van der Waals surface area contributed by atoms with Gasteiger partial charge >= 0.3 is 83.0 Å². The van der Waals surface area contributed by atoms with Crippen molar-refractivity contribution in [3.8, 4) is 0 Å². The summed E-state index contributed by atoms with van der Waals surface area (Å²) in [4.78, 5) is 0. The minimum absolute atomic E-state index is 0. The first kappa shape index (κ1) is 16.6. The van der Waals surface area contributed by atoms with Crippen LogP contribution in [0.5, 0.6) is 0 Å². The van der Waals surface area contributed by atoms with E-state index < -0.39 is 13.3 Å². The van der Waals surface area contributed by atoms with Crippen LogP contribution in [0.25, 0.3) is 0 Å². The van der Waals surface area contributed by atoms with Gasteiger partial charge in [0.2, 0.25) is 0 Å². The molecule has 0 N–H and O–H groups in total. The summed E-state index contributed by atoms with van der Waals surface area (Å²) in [5, 5.41) is 0. The van der Waals surface area contributed by atoms with Gasteiger partial charge in [-0.3, -0.25) is 0 Å². The van der Waals surface area contributed by atoms with Gasteiger partial charge in [0.05, 0.1) is 0 Å². The molecule has 0 amide bonds. The van der Waals surface area contributed by atoms with Gasteiger partial charge in [0.1, 0.15) is 0 Å². The van der Waals surface area contributed by atoms with Crippen LogP contribution in [0, 0.1) is 0 Å². The Morgan fingerprint density at radius 3 is 0.875 bits per heavy atom. The molecule has 0 radical (unpaired) electrons. The van der Waals surface area contributed by atoms with Crippen LogP contribution in [0.4, 0.5) is 0 Å². The van der Waals surface area contributed by atoms with Gasteiger partial charge in [-0.1, -0.05) is 0 Å². The first-order chi connectivity index (χ1) is 3.00. The third kappa shape index (κ3) is 89.1. The minimum atomic E-state index is -1.00. The average molecular weight is 361 g/mol. The van der Waals surface area contributed by atoms with Crippen molar-refractivity contribution in [3.63, 3.8) is 0 Å². The zero-order valence-corrected chi connectivity index (χ0v) is 17.0. The molecule has 0 saturated carbocycles. The maximum absolute atomic E-state index is 2.38. The second-order valence-electron chi connectivity index (χ2n) is 3.00. The molecular formula is C4H22Ge4. The van der Waals surface area contributed by atoms with Gasteiger partial charge in [-0.2, -0.15) is 0 Å². The molecule has 8 heavy (non-hydrogen) atoms. The molecule has 54 valence electrons. The van der Waals surface area contributed by atoms with E-state index in [0.717, 1.165) is 0 Å². The van der Waals surface area contributed by atoms with Crippen molar-refractivity contribution in [1.82, 2.24) is 0 Å². The Kier molecular flexibility index (Phi) is 19.1. The molecule has 0 nitrogen and oxygen atoms in total. The maximum atomic E-state index is 2.38. The van der Waals surface area contributed by atoms with Crippen molar-refractivity contribution in [3.05, 3.63) is 0 Å². The van der Waals surface area contributed by atoms with Crippen LogP contribution in [0.1, 0.15) is 0 Å². The molecule has 0 rings (SSSR count).